The fourth-order valence-corrected chi connectivity index (χ4v) is 4.04. The molecule has 0 spiro atoms. The maximum atomic E-state index is 12.7. The van der Waals surface area contributed by atoms with Crippen molar-refractivity contribution in [3.05, 3.63) is 30.1 Å². The van der Waals surface area contributed by atoms with E-state index in [1.165, 1.54) is 18.4 Å². The number of nitrogens with zero attached hydrogens (tertiary/aromatic N) is 3. The second-order valence-corrected chi connectivity index (χ2v) is 7.85. The predicted molar refractivity (Wildman–Crippen MR) is 96.4 cm³/mol. The van der Waals surface area contributed by atoms with Gasteiger partial charge in [0.2, 0.25) is 11.8 Å². The SMILES string of the molecule is O=C1CCCN1CC(=O)N1C[C@@H](COCC2CC2)[C@H](c2ccncc2)C1. The Kier molecular flexibility index (Phi) is 5.20. The topological polar surface area (TPSA) is 62.7 Å². The van der Waals surface area contributed by atoms with Gasteiger partial charge in [-0.3, -0.25) is 14.6 Å². The summed E-state index contributed by atoms with van der Waals surface area (Å²) in [4.78, 5) is 32.3. The summed E-state index contributed by atoms with van der Waals surface area (Å²) in [5, 5.41) is 0. The molecule has 3 fully saturated rings. The molecule has 6 heteroatoms. The van der Waals surface area contributed by atoms with E-state index in [9.17, 15) is 9.59 Å². The minimum atomic E-state index is 0.0593. The van der Waals surface area contributed by atoms with Gasteiger partial charge in [-0.05, 0) is 42.9 Å². The van der Waals surface area contributed by atoms with Crippen molar-refractivity contribution in [2.45, 2.75) is 31.6 Å². The first kappa shape index (κ1) is 17.5. The number of likely N-dealkylation sites (tertiary alicyclic amines) is 2. The Bertz CT molecular complexity index is 647. The molecule has 2 atom stereocenters. The molecule has 1 aromatic rings. The summed E-state index contributed by atoms with van der Waals surface area (Å²) in [5.74, 6) is 1.48. The minimum Gasteiger partial charge on any atom is -0.381 e. The molecule has 26 heavy (non-hydrogen) atoms. The molecular weight excluding hydrogens is 330 g/mol. The molecule has 1 aromatic heterocycles. The van der Waals surface area contributed by atoms with Gasteiger partial charge in [0.15, 0.2) is 0 Å². The number of amides is 2. The number of aromatic nitrogens is 1. The van der Waals surface area contributed by atoms with Crippen molar-refractivity contribution < 1.29 is 14.3 Å². The molecule has 1 aliphatic carbocycles. The van der Waals surface area contributed by atoms with Gasteiger partial charge in [-0.15, -0.1) is 0 Å². The van der Waals surface area contributed by atoms with E-state index < -0.39 is 0 Å². The lowest BCUT2D eigenvalue weighted by Gasteiger charge is -2.21. The molecule has 0 unspecified atom stereocenters. The van der Waals surface area contributed by atoms with Gasteiger partial charge in [-0.1, -0.05) is 0 Å². The third-order valence-electron chi connectivity index (χ3n) is 5.81. The van der Waals surface area contributed by atoms with Crippen LogP contribution < -0.4 is 0 Å². The van der Waals surface area contributed by atoms with Crippen molar-refractivity contribution in [3.8, 4) is 0 Å². The number of rotatable bonds is 7. The molecule has 2 amide bonds. The van der Waals surface area contributed by atoms with E-state index in [2.05, 4.69) is 4.98 Å². The van der Waals surface area contributed by atoms with Gasteiger partial charge < -0.3 is 14.5 Å². The Hall–Kier alpha value is -1.95. The highest BCUT2D eigenvalue weighted by atomic mass is 16.5. The third-order valence-corrected chi connectivity index (χ3v) is 5.81. The molecule has 0 radical (unpaired) electrons. The Morgan fingerprint density at radius 1 is 1.19 bits per heavy atom. The average molecular weight is 357 g/mol. The summed E-state index contributed by atoms with van der Waals surface area (Å²) in [6.45, 7) is 3.87. The largest absolute Gasteiger partial charge is 0.381 e. The maximum Gasteiger partial charge on any atom is 0.242 e. The van der Waals surface area contributed by atoms with Crippen LogP contribution in [0, 0.1) is 11.8 Å². The van der Waals surface area contributed by atoms with Crippen LogP contribution in [-0.2, 0) is 14.3 Å². The zero-order valence-electron chi connectivity index (χ0n) is 15.2. The number of hydrogen-bond donors (Lipinski definition) is 0. The Morgan fingerprint density at radius 2 is 2.00 bits per heavy atom. The zero-order chi connectivity index (χ0) is 17.9. The fraction of sp³-hybridized carbons (Fsp3) is 0.650. The van der Waals surface area contributed by atoms with Crippen LogP contribution in [-0.4, -0.2) is 66.0 Å². The van der Waals surface area contributed by atoms with Crippen molar-refractivity contribution in [3.63, 3.8) is 0 Å². The molecule has 0 bridgehead atoms. The Morgan fingerprint density at radius 3 is 2.69 bits per heavy atom. The number of carbonyl (C=O) groups is 2. The number of hydrogen-bond acceptors (Lipinski definition) is 4. The molecule has 2 aliphatic heterocycles. The molecule has 2 saturated heterocycles. The first-order valence-electron chi connectivity index (χ1n) is 9.74. The van der Waals surface area contributed by atoms with Gasteiger partial charge in [-0.2, -0.15) is 0 Å². The summed E-state index contributed by atoms with van der Waals surface area (Å²) in [5.41, 5.74) is 1.22. The molecule has 0 N–H and O–H groups in total. The van der Waals surface area contributed by atoms with Gasteiger partial charge in [0.25, 0.3) is 0 Å². The molecule has 6 nitrogen and oxygen atoms in total. The van der Waals surface area contributed by atoms with E-state index in [1.807, 2.05) is 29.4 Å². The van der Waals surface area contributed by atoms with Crippen LogP contribution in [0.15, 0.2) is 24.5 Å². The first-order valence-corrected chi connectivity index (χ1v) is 9.74. The maximum absolute atomic E-state index is 12.7. The molecule has 0 aromatic carbocycles. The van der Waals surface area contributed by atoms with Crippen LogP contribution in [0.1, 0.15) is 37.2 Å². The van der Waals surface area contributed by atoms with Crippen LogP contribution in [0.3, 0.4) is 0 Å². The lowest BCUT2D eigenvalue weighted by Crippen LogP contribution is -2.40. The van der Waals surface area contributed by atoms with Crippen molar-refractivity contribution in [2.24, 2.45) is 11.8 Å². The van der Waals surface area contributed by atoms with Gasteiger partial charge in [0, 0.05) is 56.9 Å². The van der Waals surface area contributed by atoms with Gasteiger partial charge in [0.1, 0.15) is 0 Å². The van der Waals surface area contributed by atoms with E-state index >= 15 is 0 Å². The number of ether oxygens (including phenoxy) is 1. The average Bonchev–Trinajstić information content (AvgIpc) is 3.24. The first-order chi connectivity index (χ1) is 12.7. The second kappa shape index (κ2) is 7.74. The van der Waals surface area contributed by atoms with Crippen molar-refractivity contribution >= 4 is 11.8 Å². The van der Waals surface area contributed by atoms with Crippen molar-refractivity contribution in [1.29, 1.82) is 0 Å². The summed E-state index contributed by atoms with van der Waals surface area (Å²) in [6.07, 6.45) is 7.63. The normalized spacial score (nSPS) is 25.9. The van der Waals surface area contributed by atoms with E-state index in [-0.39, 0.29) is 24.3 Å². The monoisotopic (exact) mass is 357 g/mol. The highest BCUT2D eigenvalue weighted by Crippen LogP contribution is 2.34. The Labute approximate surface area is 154 Å². The van der Waals surface area contributed by atoms with Crippen LogP contribution in [0.5, 0.6) is 0 Å². The molecule has 1 saturated carbocycles. The molecule has 140 valence electrons. The van der Waals surface area contributed by atoms with Crippen molar-refractivity contribution in [1.82, 2.24) is 14.8 Å². The minimum absolute atomic E-state index is 0.0593. The zero-order valence-corrected chi connectivity index (χ0v) is 15.2. The van der Waals surface area contributed by atoms with E-state index in [4.69, 9.17) is 4.74 Å². The van der Waals surface area contributed by atoms with Gasteiger partial charge >= 0.3 is 0 Å². The summed E-state index contributed by atoms with van der Waals surface area (Å²) >= 11 is 0. The standard InChI is InChI=1S/C20H27N3O3/c24-19-2-1-9-22(19)12-20(25)23-10-17(14-26-13-15-3-4-15)18(11-23)16-5-7-21-8-6-16/h5-8,15,17-18H,1-4,9-14H2/t17-,18-/m0/s1. The Balaban J connectivity index is 1.39. The van der Waals surface area contributed by atoms with Gasteiger partial charge in [0.05, 0.1) is 13.2 Å². The lowest BCUT2D eigenvalue weighted by molar-refractivity contribution is -0.137. The highest BCUT2D eigenvalue weighted by Gasteiger charge is 2.37. The fourth-order valence-electron chi connectivity index (χ4n) is 4.04. The number of pyridine rings is 1. The van der Waals surface area contributed by atoms with E-state index in [1.54, 1.807) is 4.90 Å². The van der Waals surface area contributed by atoms with Crippen molar-refractivity contribution in [2.75, 3.05) is 39.4 Å². The van der Waals surface area contributed by atoms with Crippen LogP contribution in [0.2, 0.25) is 0 Å². The predicted octanol–water partition coefficient (Wildman–Crippen LogP) is 1.67. The molecule has 4 rings (SSSR count). The second-order valence-electron chi connectivity index (χ2n) is 7.85. The van der Waals surface area contributed by atoms with E-state index in [0.717, 1.165) is 18.9 Å². The summed E-state index contributed by atoms with van der Waals surface area (Å²) in [6, 6.07) is 4.08. The lowest BCUT2D eigenvalue weighted by atomic mass is 9.90. The molecular formula is C20H27N3O3. The van der Waals surface area contributed by atoms with E-state index in [0.29, 0.717) is 38.6 Å². The van der Waals surface area contributed by atoms with Crippen LogP contribution in [0.4, 0.5) is 0 Å². The van der Waals surface area contributed by atoms with Crippen LogP contribution >= 0.6 is 0 Å². The molecule has 3 aliphatic rings. The summed E-state index contributed by atoms with van der Waals surface area (Å²) < 4.78 is 5.95. The highest BCUT2D eigenvalue weighted by molar-refractivity contribution is 5.86. The molecule has 3 heterocycles. The number of carbonyl (C=O) groups excluding carboxylic acids is 2. The third kappa shape index (κ3) is 4.06. The summed E-state index contributed by atoms with van der Waals surface area (Å²) in [7, 11) is 0. The van der Waals surface area contributed by atoms with Gasteiger partial charge in [-0.25, -0.2) is 0 Å². The quantitative estimate of drug-likeness (QED) is 0.745. The smallest absolute Gasteiger partial charge is 0.242 e. The van der Waals surface area contributed by atoms with Crippen LogP contribution in [0.25, 0.3) is 0 Å².